The summed E-state index contributed by atoms with van der Waals surface area (Å²) < 4.78 is 0. The number of nitrogens with zero attached hydrogens (tertiary/aromatic N) is 4. The highest BCUT2D eigenvalue weighted by Gasteiger charge is 2.40. The average Bonchev–Trinajstić information content (AvgIpc) is 2.65. The van der Waals surface area contributed by atoms with Gasteiger partial charge in [-0.2, -0.15) is 0 Å². The number of rotatable bonds is 3. The number of piperidine rings is 2. The maximum absolute atomic E-state index is 12.1. The number of carbonyl (C=O) groups is 1. The van der Waals surface area contributed by atoms with E-state index in [1.165, 1.54) is 0 Å². The number of likely N-dealkylation sites (tertiary alicyclic amines) is 1. The molecule has 0 saturated carbocycles. The summed E-state index contributed by atoms with van der Waals surface area (Å²) in [4.78, 5) is 25.7. The van der Waals surface area contributed by atoms with Crippen LogP contribution in [0, 0.1) is 5.41 Å². The Kier molecular flexibility index (Phi) is 4.15. The molecule has 2 aliphatic rings. The Balaban J connectivity index is 1.47. The number of amides is 1. The van der Waals surface area contributed by atoms with E-state index in [1.54, 1.807) is 0 Å². The molecule has 0 N–H and O–H groups in total. The molecule has 2 saturated heterocycles. The molecule has 0 bridgehead atoms. The van der Waals surface area contributed by atoms with Crippen molar-refractivity contribution in [3.63, 3.8) is 0 Å². The van der Waals surface area contributed by atoms with Crippen molar-refractivity contribution in [2.24, 2.45) is 5.41 Å². The van der Waals surface area contributed by atoms with Gasteiger partial charge in [-0.3, -0.25) is 9.78 Å². The number of hydrogen-bond donors (Lipinski definition) is 0. The van der Waals surface area contributed by atoms with Crippen LogP contribution < -0.4 is 4.90 Å². The zero-order valence-corrected chi connectivity index (χ0v) is 14.5. The number of para-hydroxylation sites is 2. The lowest BCUT2D eigenvalue weighted by Gasteiger charge is -2.47. The fraction of sp³-hybridized carbons (Fsp3) is 0.450. The van der Waals surface area contributed by atoms with Crippen LogP contribution in [0.4, 0.5) is 5.82 Å². The molecule has 0 aliphatic carbocycles. The molecule has 0 atom stereocenters. The Morgan fingerprint density at radius 2 is 1.92 bits per heavy atom. The van der Waals surface area contributed by atoms with Crippen molar-refractivity contribution in [2.75, 3.05) is 31.1 Å². The Morgan fingerprint density at radius 1 is 1.16 bits per heavy atom. The number of anilines is 1. The quantitative estimate of drug-likeness (QED) is 0.809. The van der Waals surface area contributed by atoms with E-state index in [4.69, 9.17) is 4.98 Å². The molecule has 2 aromatic rings. The molecule has 130 valence electrons. The second-order valence-electron chi connectivity index (χ2n) is 7.27. The van der Waals surface area contributed by atoms with Gasteiger partial charge in [0.05, 0.1) is 17.2 Å². The second-order valence-corrected chi connectivity index (χ2v) is 7.27. The van der Waals surface area contributed by atoms with E-state index in [0.717, 1.165) is 55.7 Å². The van der Waals surface area contributed by atoms with Crippen LogP contribution >= 0.6 is 0 Å². The second kappa shape index (κ2) is 6.47. The summed E-state index contributed by atoms with van der Waals surface area (Å²) in [6.45, 7) is 7.27. The molecule has 1 aromatic carbocycles. The highest BCUT2D eigenvalue weighted by molar-refractivity contribution is 5.77. The van der Waals surface area contributed by atoms with Crippen LogP contribution in [-0.4, -0.2) is 47.0 Å². The lowest BCUT2D eigenvalue weighted by molar-refractivity contribution is -0.137. The Hall–Kier alpha value is -2.43. The van der Waals surface area contributed by atoms with Crippen molar-refractivity contribution in [1.82, 2.24) is 14.9 Å². The van der Waals surface area contributed by atoms with E-state index < -0.39 is 0 Å². The van der Waals surface area contributed by atoms with Gasteiger partial charge in [0.1, 0.15) is 5.82 Å². The van der Waals surface area contributed by atoms with Crippen molar-refractivity contribution in [2.45, 2.75) is 25.7 Å². The minimum absolute atomic E-state index is 0.262. The predicted molar refractivity (Wildman–Crippen MR) is 99.4 cm³/mol. The fourth-order valence-corrected chi connectivity index (χ4v) is 4.14. The largest absolute Gasteiger partial charge is 0.355 e. The topological polar surface area (TPSA) is 49.3 Å². The Morgan fingerprint density at radius 3 is 2.68 bits per heavy atom. The first-order chi connectivity index (χ1) is 12.2. The zero-order chi connectivity index (χ0) is 17.3. The SMILES string of the molecule is C=CCN1CC2(CCC1=O)CCN(c1cnc3ccccc3n1)CC2. The van der Waals surface area contributed by atoms with Crippen LogP contribution in [-0.2, 0) is 4.79 Å². The number of benzene rings is 1. The lowest BCUT2D eigenvalue weighted by atomic mass is 9.72. The van der Waals surface area contributed by atoms with Gasteiger partial charge in [0.15, 0.2) is 0 Å². The van der Waals surface area contributed by atoms with Gasteiger partial charge in [0.2, 0.25) is 5.91 Å². The van der Waals surface area contributed by atoms with Crippen molar-refractivity contribution in [3.8, 4) is 0 Å². The maximum atomic E-state index is 12.1. The van der Waals surface area contributed by atoms with E-state index >= 15 is 0 Å². The van der Waals surface area contributed by atoms with Crippen LogP contribution in [0.1, 0.15) is 25.7 Å². The monoisotopic (exact) mass is 336 g/mol. The minimum atomic E-state index is 0.262. The first-order valence-electron chi connectivity index (χ1n) is 9.05. The normalized spacial score (nSPS) is 20.2. The number of hydrogen-bond acceptors (Lipinski definition) is 4. The smallest absolute Gasteiger partial charge is 0.222 e. The van der Waals surface area contributed by atoms with Crippen LogP contribution in [0.5, 0.6) is 0 Å². The van der Waals surface area contributed by atoms with E-state index in [-0.39, 0.29) is 11.3 Å². The molecular weight excluding hydrogens is 312 g/mol. The van der Waals surface area contributed by atoms with Crippen LogP contribution in [0.3, 0.4) is 0 Å². The van der Waals surface area contributed by atoms with Gasteiger partial charge in [0.25, 0.3) is 0 Å². The molecule has 5 heteroatoms. The first kappa shape index (κ1) is 16.1. The third kappa shape index (κ3) is 3.11. The molecule has 0 radical (unpaired) electrons. The Bertz CT molecular complexity index is 795. The third-order valence-electron chi connectivity index (χ3n) is 5.68. The highest BCUT2D eigenvalue weighted by Crippen LogP contribution is 2.40. The van der Waals surface area contributed by atoms with E-state index in [0.29, 0.717) is 13.0 Å². The number of carbonyl (C=O) groups excluding carboxylic acids is 1. The summed E-state index contributed by atoms with van der Waals surface area (Å²) in [5.41, 5.74) is 2.14. The van der Waals surface area contributed by atoms with Gasteiger partial charge in [-0.1, -0.05) is 18.2 Å². The zero-order valence-electron chi connectivity index (χ0n) is 14.5. The predicted octanol–water partition coefficient (Wildman–Crippen LogP) is 3.02. The van der Waals surface area contributed by atoms with E-state index in [9.17, 15) is 4.79 Å². The van der Waals surface area contributed by atoms with Crippen molar-refractivity contribution in [1.29, 1.82) is 0 Å². The number of aromatic nitrogens is 2. The molecule has 2 aliphatic heterocycles. The molecule has 1 spiro atoms. The van der Waals surface area contributed by atoms with Gasteiger partial charge < -0.3 is 9.80 Å². The molecular formula is C20H24N4O. The van der Waals surface area contributed by atoms with Gasteiger partial charge in [-0.05, 0) is 36.8 Å². The maximum Gasteiger partial charge on any atom is 0.222 e. The van der Waals surface area contributed by atoms with Crippen LogP contribution in [0.25, 0.3) is 11.0 Å². The van der Waals surface area contributed by atoms with Crippen molar-refractivity contribution < 1.29 is 4.79 Å². The highest BCUT2D eigenvalue weighted by atomic mass is 16.2. The van der Waals surface area contributed by atoms with Crippen LogP contribution in [0.15, 0.2) is 43.1 Å². The average molecular weight is 336 g/mol. The van der Waals surface area contributed by atoms with E-state index in [2.05, 4.69) is 16.5 Å². The summed E-state index contributed by atoms with van der Waals surface area (Å²) in [5, 5.41) is 0. The summed E-state index contributed by atoms with van der Waals surface area (Å²) in [6, 6.07) is 7.99. The van der Waals surface area contributed by atoms with Gasteiger partial charge in [-0.15, -0.1) is 6.58 Å². The summed E-state index contributed by atoms with van der Waals surface area (Å²) in [7, 11) is 0. The Labute approximate surface area is 148 Å². The molecule has 4 rings (SSSR count). The van der Waals surface area contributed by atoms with Crippen molar-refractivity contribution >= 4 is 22.8 Å². The molecule has 0 unspecified atom stereocenters. The van der Waals surface area contributed by atoms with E-state index in [1.807, 2.05) is 41.4 Å². The molecule has 5 nitrogen and oxygen atoms in total. The standard InChI is InChI=1S/C20H24N4O/c1-2-11-24-15-20(8-7-19(24)25)9-12-23(13-10-20)18-14-21-16-5-3-4-6-17(16)22-18/h2-6,14H,1,7-13,15H2. The van der Waals surface area contributed by atoms with Gasteiger partial charge in [-0.25, -0.2) is 4.98 Å². The fourth-order valence-electron chi connectivity index (χ4n) is 4.14. The molecule has 2 fully saturated rings. The molecule has 3 heterocycles. The molecule has 1 amide bonds. The van der Waals surface area contributed by atoms with Crippen LogP contribution in [0.2, 0.25) is 0 Å². The minimum Gasteiger partial charge on any atom is -0.355 e. The number of fused-ring (bicyclic) bond motifs is 1. The summed E-state index contributed by atoms with van der Waals surface area (Å²) in [5.74, 6) is 1.23. The summed E-state index contributed by atoms with van der Waals surface area (Å²) in [6.07, 6.45) is 7.59. The third-order valence-corrected chi connectivity index (χ3v) is 5.68. The van der Waals surface area contributed by atoms with Gasteiger partial charge in [0, 0.05) is 32.6 Å². The first-order valence-corrected chi connectivity index (χ1v) is 9.05. The molecule has 25 heavy (non-hydrogen) atoms. The van der Waals surface area contributed by atoms with Gasteiger partial charge >= 0.3 is 0 Å². The van der Waals surface area contributed by atoms with Crippen molar-refractivity contribution in [3.05, 3.63) is 43.1 Å². The summed E-state index contributed by atoms with van der Waals surface area (Å²) >= 11 is 0. The lowest BCUT2D eigenvalue weighted by Crippen LogP contribution is -2.51. The molecule has 1 aromatic heterocycles.